The molecule has 19 heavy (non-hydrogen) atoms. The number of ether oxygens (including phenoxy) is 1. The number of benzene rings is 1. The van der Waals surface area contributed by atoms with Gasteiger partial charge in [0, 0.05) is 11.0 Å². The molecule has 4 nitrogen and oxygen atoms in total. The van der Waals surface area contributed by atoms with Crippen molar-refractivity contribution in [3.63, 3.8) is 0 Å². The van der Waals surface area contributed by atoms with Crippen molar-refractivity contribution in [3.05, 3.63) is 26.7 Å². The second-order valence-corrected chi connectivity index (χ2v) is 5.44. The molecule has 106 valence electrons. The van der Waals surface area contributed by atoms with E-state index < -0.39 is 5.97 Å². The molecule has 0 spiro atoms. The Morgan fingerprint density at radius 3 is 2.84 bits per heavy atom. The van der Waals surface area contributed by atoms with Gasteiger partial charge in [-0.15, -0.1) is 0 Å². The lowest BCUT2D eigenvalue weighted by atomic mass is 10.1. The van der Waals surface area contributed by atoms with Crippen LogP contribution in [0.4, 0.5) is 0 Å². The van der Waals surface area contributed by atoms with Gasteiger partial charge in [0.05, 0.1) is 5.02 Å². The van der Waals surface area contributed by atoms with Gasteiger partial charge in [-0.2, -0.15) is 0 Å². The van der Waals surface area contributed by atoms with E-state index >= 15 is 0 Å². The lowest BCUT2D eigenvalue weighted by Gasteiger charge is -2.17. The number of rotatable bonds is 3. The van der Waals surface area contributed by atoms with E-state index in [4.69, 9.17) is 16.3 Å². The molecule has 0 amide bonds. The Morgan fingerprint density at radius 1 is 1.63 bits per heavy atom. The Labute approximate surface area is 126 Å². The van der Waals surface area contributed by atoms with Gasteiger partial charge in [-0.1, -0.05) is 35.0 Å². The van der Waals surface area contributed by atoms with Gasteiger partial charge < -0.3 is 15.2 Å². The van der Waals surface area contributed by atoms with Crippen molar-refractivity contribution in [3.8, 4) is 5.75 Å². The maximum absolute atomic E-state index is 11.2. The normalized spacial score (nSPS) is 17.9. The van der Waals surface area contributed by atoms with Gasteiger partial charge in [-0.05, 0) is 31.5 Å². The molecule has 0 saturated carbocycles. The van der Waals surface area contributed by atoms with Crippen LogP contribution in [-0.2, 0) is 0 Å². The van der Waals surface area contributed by atoms with Crippen LogP contribution in [0.1, 0.15) is 29.8 Å². The third-order valence-electron chi connectivity index (χ3n) is 2.93. The molecule has 1 heterocycles. The molecule has 6 heteroatoms. The van der Waals surface area contributed by atoms with Crippen LogP contribution in [0, 0.1) is 6.92 Å². The summed E-state index contributed by atoms with van der Waals surface area (Å²) in [5.74, 6) is -0.780. The predicted molar refractivity (Wildman–Crippen MR) is 79.5 cm³/mol. The molecule has 0 bridgehead atoms. The fourth-order valence-corrected chi connectivity index (χ4v) is 2.65. The average Bonchev–Trinajstić information content (AvgIpc) is 2.82. The third kappa shape index (κ3) is 3.41. The summed E-state index contributed by atoms with van der Waals surface area (Å²) in [6.07, 6.45) is 0.825. The van der Waals surface area contributed by atoms with Gasteiger partial charge in [0.15, 0.2) is 5.75 Å². The average molecular weight is 351 g/mol. The molecule has 1 fully saturated rings. The summed E-state index contributed by atoms with van der Waals surface area (Å²) in [7, 11) is 0. The Bertz CT molecular complexity index is 487. The van der Waals surface area contributed by atoms with Crippen molar-refractivity contribution in [1.29, 1.82) is 0 Å². The number of hydrogen-bond acceptors (Lipinski definition) is 3. The first kappa shape index (κ1) is 16.3. The van der Waals surface area contributed by atoms with Gasteiger partial charge in [-0.3, -0.25) is 0 Å². The summed E-state index contributed by atoms with van der Waals surface area (Å²) in [5, 5.41) is 12.7. The lowest BCUT2D eigenvalue weighted by molar-refractivity contribution is 0.0689. The number of carboxylic acid groups (broad SMARTS) is 1. The van der Waals surface area contributed by atoms with Crippen LogP contribution in [0.2, 0.25) is 5.02 Å². The van der Waals surface area contributed by atoms with Crippen LogP contribution in [0.5, 0.6) is 5.75 Å². The standard InChI is InChI=1S/C12H13BrClNO3.CH4/c1-6-9(13)4-8(12(16)17)11(10(6)14)18-7-2-3-15-5-7;/h4,7,15H,2-3,5H2,1H3,(H,16,17);1H4. The van der Waals surface area contributed by atoms with Crippen molar-refractivity contribution in [1.82, 2.24) is 5.32 Å². The van der Waals surface area contributed by atoms with Gasteiger partial charge in [0.1, 0.15) is 11.7 Å². The van der Waals surface area contributed by atoms with Crippen LogP contribution < -0.4 is 10.1 Å². The lowest BCUT2D eigenvalue weighted by Crippen LogP contribution is -2.21. The minimum atomic E-state index is -1.04. The molecule has 0 aliphatic carbocycles. The zero-order valence-electron chi connectivity index (χ0n) is 9.80. The van der Waals surface area contributed by atoms with Gasteiger partial charge in [0.2, 0.25) is 0 Å². The molecular formula is C13H17BrClNO3. The van der Waals surface area contributed by atoms with E-state index in [2.05, 4.69) is 21.2 Å². The highest BCUT2D eigenvalue weighted by Crippen LogP contribution is 2.37. The number of nitrogens with one attached hydrogen (secondary N) is 1. The van der Waals surface area contributed by atoms with Crippen molar-refractivity contribution in [2.24, 2.45) is 0 Å². The molecule has 1 aliphatic rings. The summed E-state index contributed by atoms with van der Waals surface area (Å²) in [5.41, 5.74) is 0.868. The SMILES string of the molecule is C.Cc1c(Br)cc(C(=O)O)c(OC2CCNC2)c1Cl. The van der Waals surface area contributed by atoms with E-state index in [-0.39, 0.29) is 24.8 Å². The monoisotopic (exact) mass is 349 g/mol. The molecule has 1 aliphatic heterocycles. The number of halogens is 2. The van der Waals surface area contributed by atoms with Crippen LogP contribution >= 0.6 is 27.5 Å². The highest BCUT2D eigenvalue weighted by atomic mass is 79.9. The smallest absolute Gasteiger partial charge is 0.339 e. The first-order valence-corrected chi connectivity index (χ1v) is 6.77. The molecule has 2 N–H and O–H groups in total. The van der Waals surface area contributed by atoms with Crippen molar-refractivity contribution in [2.75, 3.05) is 13.1 Å². The zero-order valence-corrected chi connectivity index (χ0v) is 12.1. The van der Waals surface area contributed by atoms with Gasteiger partial charge >= 0.3 is 5.97 Å². The Morgan fingerprint density at radius 2 is 2.32 bits per heavy atom. The first-order chi connectivity index (χ1) is 8.50. The molecule has 1 unspecified atom stereocenters. The van der Waals surface area contributed by atoms with Crippen LogP contribution in [-0.4, -0.2) is 30.3 Å². The maximum atomic E-state index is 11.2. The van der Waals surface area contributed by atoms with Crippen molar-refractivity contribution < 1.29 is 14.6 Å². The Balaban J connectivity index is 0.00000180. The highest BCUT2D eigenvalue weighted by Gasteiger charge is 2.24. The Hall–Kier alpha value is -0.780. The van der Waals surface area contributed by atoms with Crippen molar-refractivity contribution >= 4 is 33.5 Å². The number of hydrogen-bond donors (Lipinski definition) is 2. The summed E-state index contributed by atoms with van der Waals surface area (Å²) < 4.78 is 6.41. The molecule has 0 aromatic heterocycles. The minimum Gasteiger partial charge on any atom is -0.487 e. The van der Waals surface area contributed by atoms with E-state index in [0.29, 0.717) is 16.0 Å². The summed E-state index contributed by atoms with van der Waals surface area (Å²) >= 11 is 9.48. The molecule has 1 aromatic rings. The maximum Gasteiger partial charge on any atom is 0.339 e. The fraction of sp³-hybridized carbons (Fsp3) is 0.462. The number of aromatic carboxylic acids is 1. The molecule has 1 atom stereocenters. The molecule has 1 aromatic carbocycles. The molecule has 0 radical (unpaired) electrons. The largest absolute Gasteiger partial charge is 0.487 e. The molecule has 2 rings (SSSR count). The highest BCUT2D eigenvalue weighted by molar-refractivity contribution is 9.10. The number of carbonyl (C=O) groups is 1. The van der Waals surface area contributed by atoms with E-state index in [1.807, 2.05) is 6.92 Å². The van der Waals surface area contributed by atoms with E-state index in [1.54, 1.807) is 0 Å². The second-order valence-electron chi connectivity index (χ2n) is 4.21. The van der Waals surface area contributed by atoms with E-state index in [0.717, 1.165) is 18.5 Å². The van der Waals surface area contributed by atoms with Crippen molar-refractivity contribution in [2.45, 2.75) is 26.9 Å². The summed E-state index contributed by atoms with van der Waals surface area (Å²) in [6, 6.07) is 1.53. The summed E-state index contributed by atoms with van der Waals surface area (Å²) in [6.45, 7) is 3.41. The fourth-order valence-electron chi connectivity index (χ4n) is 1.86. The molecular weight excluding hydrogens is 334 g/mol. The number of carboxylic acids is 1. The van der Waals surface area contributed by atoms with Crippen LogP contribution in [0.3, 0.4) is 0 Å². The van der Waals surface area contributed by atoms with Gasteiger partial charge in [-0.25, -0.2) is 4.79 Å². The second kappa shape index (κ2) is 6.59. The zero-order chi connectivity index (χ0) is 13.3. The van der Waals surface area contributed by atoms with Crippen LogP contribution in [0.25, 0.3) is 0 Å². The Kier molecular flexibility index (Phi) is 5.64. The van der Waals surface area contributed by atoms with E-state index in [1.165, 1.54) is 6.07 Å². The van der Waals surface area contributed by atoms with Crippen LogP contribution in [0.15, 0.2) is 10.5 Å². The first-order valence-electron chi connectivity index (χ1n) is 5.60. The quantitative estimate of drug-likeness (QED) is 0.876. The molecule has 1 saturated heterocycles. The third-order valence-corrected chi connectivity index (χ3v) is 4.21. The predicted octanol–water partition coefficient (Wildman–Crippen LogP) is 3.49. The van der Waals surface area contributed by atoms with E-state index in [9.17, 15) is 9.90 Å². The summed E-state index contributed by atoms with van der Waals surface area (Å²) in [4.78, 5) is 11.2. The van der Waals surface area contributed by atoms with Gasteiger partial charge in [0.25, 0.3) is 0 Å². The minimum absolute atomic E-state index is 0. The topological polar surface area (TPSA) is 58.6 Å².